The zero-order valence-electron chi connectivity index (χ0n) is 14.0. The van der Waals surface area contributed by atoms with Crippen molar-refractivity contribution in [3.8, 4) is 0 Å². The average molecular weight is 365 g/mol. The molecule has 7 nitrogen and oxygen atoms in total. The molecular formula is C17H23N3O4S. The average Bonchev–Trinajstić information content (AvgIpc) is 3.44. The lowest BCUT2D eigenvalue weighted by Crippen LogP contribution is -2.48. The summed E-state index contributed by atoms with van der Waals surface area (Å²) in [7, 11) is -3.91. The molecule has 2 aliphatic carbocycles. The van der Waals surface area contributed by atoms with E-state index in [-0.39, 0.29) is 10.9 Å². The highest BCUT2D eigenvalue weighted by molar-refractivity contribution is 7.89. The monoisotopic (exact) mass is 365 g/mol. The smallest absolute Gasteiger partial charge is 0.324 e. The van der Waals surface area contributed by atoms with E-state index in [0.29, 0.717) is 5.92 Å². The van der Waals surface area contributed by atoms with Crippen molar-refractivity contribution in [2.45, 2.75) is 61.8 Å². The fourth-order valence-electron chi connectivity index (χ4n) is 3.06. The molecule has 8 heteroatoms. The van der Waals surface area contributed by atoms with Crippen LogP contribution in [0.15, 0.2) is 29.2 Å². The van der Waals surface area contributed by atoms with Gasteiger partial charge in [-0.05, 0) is 49.3 Å². The minimum absolute atomic E-state index is 0.0298. The van der Waals surface area contributed by atoms with Crippen molar-refractivity contribution in [3.63, 3.8) is 0 Å². The quantitative estimate of drug-likeness (QED) is 0.541. The summed E-state index contributed by atoms with van der Waals surface area (Å²) in [4.78, 5) is 25.1. The van der Waals surface area contributed by atoms with Gasteiger partial charge in [-0.25, -0.2) is 8.42 Å². The molecule has 2 amide bonds. The number of rotatable bonds is 5. The molecule has 0 aliphatic heterocycles. The summed E-state index contributed by atoms with van der Waals surface area (Å²) in [5.74, 6) is -1.36. The molecule has 2 fully saturated rings. The topological polar surface area (TPSA) is 104 Å². The van der Waals surface area contributed by atoms with Gasteiger partial charge in [0.15, 0.2) is 0 Å². The summed E-state index contributed by atoms with van der Waals surface area (Å²) in [5, 5.41) is 2.49. The van der Waals surface area contributed by atoms with Gasteiger partial charge in [-0.3, -0.25) is 15.0 Å². The van der Waals surface area contributed by atoms with Crippen LogP contribution in [0.25, 0.3) is 0 Å². The van der Waals surface area contributed by atoms with Crippen molar-refractivity contribution in [3.05, 3.63) is 29.8 Å². The van der Waals surface area contributed by atoms with E-state index < -0.39 is 21.8 Å². The number of hydrazine groups is 1. The van der Waals surface area contributed by atoms with Crippen LogP contribution in [0, 0.1) is 0 Å². The normalized spacial score (nSPS) is 18.6. The van der Waals surface area contributed by atoms with Crippen LogP contribution in [0.4, 0.5) is 0 Å². The summed E-state index contributed by atoms with van der Waals surface area (Å²) in [5.41, 5.74) is 3.09. The van der Waals surface area contributed by atoms with Crippen molar-refractivity contribution in [2.75, 3.05) is 0 Å². The molecule has 0 spiro atoms. The van der Waals surface area contributed by atoms with E-state index in [9.17, 15) is 18.0 Å². The summed E-state index contributed by atoms with van der Waals surface area (Å²) in [6, 6.07) is 6.74. The lowest BCUT2D eigenvalue weighted by molar-refractivity contribution is -0.139. The minimum Gasteiger partial charge on any atom is -0.345 e. The van der Waals surface area contributed by atoms with Gasteiger partial charge >= 0.3 is 11.8 Å². The number of hydrogen-bond donors (Lipinski definition) is 3. The van der Waals surface area contributed by atoms with E-state index in [1.165, 1.54) is 31.4 Å². The summed E-state index contributed by atoms with van der Waals surface area (Å²) in [6.07, 6.45) is 7.65. The van der Waals surface area contributed by atoms with Crippen molar-refractivity contribution < 1.29 is 18.0 Å². The molecule has 136 valence electrons. The second-order valence-electron chi connectivity index (χ2n) is 6.71. The number of carbonyl (C=O) groups is 2. The molecule has 0 aromatic heterocycles. The molecule has 0 saturated heterocycles. The van der Waals surface area contributed by atoms with E-state index in [0.717, 1.165) is 31.2 Å². The Bertz CT molecular complexity index is 736. The van der Waals surface area contributed by atoms with E-state index in [4.69, 9.17) is 0 Å². The van der Waals surface area contributed by atoms with Crippen LogP contribution < -0.4 is 15.6 Å². The first-order valence-corrected chi connectivity index (χ1v) is 10.2. The van der Waals surface area contributed by atoms with Gasteiger partial charge in [0.1, 0.15) is 0 Å². The predicted octanol–water partition coefficient (Wildman–Crippen LogP) is 1.32. The van der Waals surface area contributed by atoms with Gasteiger partial charge in [0.2, 0.25) is 0 Å². The standard InChI is InChI=1S/C17H23N3O4S/c21-16(18-14-8-9-14)17(22)19-20-25(23,24)15-10-6-13(7-11-15)12-4-2-1-3-5-12/h6-7,10-12,14,20H,1-5,8-9H2,(H,18,21)(H,19,22). The number of carbonyl (C=O) groups excluding carboxylic acids is 2. The fourth-order valence-corrected chi connectivity index (χ4v) is 3.90. The Labute approximate surface area is 147 Å². The summed E-state index contributed by atoms with van der Waals surface area (Å²) >= 11 is 0. The van der Waals surface area contributed by atoms with Gasteiger partial charge in [-0.2, -0.15) is 0 Å². The summed E-state index contributed by atoms with van der Waals surface area (Å²) < 4.78 is 24.4. The molecule has 0 unspecified atom stereocenters. The largest absolute Gasteiger partial charge is 0.345 e. The Balaban J connectivity index is 1.57. The van der Waals surface area contributed by atoms with Crippen LogP contribution in [0.1, 0.15) is 56.4 Å². The Kier molecular flexibility index (Phi) is 5.39. The molecule has 0 heterocycles. The first-order chi connectivity index (χ1) is 12.0. The molecule has 3 N–H and O–H groups in total. The maximum atomic E-state index is 12.2. The molecular weight excluding hydrogens is 342 g/mol. The Morgan fingerprint density at radius 2 is 1.52 bits per heavy atom. The molecule has 1 aromatic rings. The first kappa shape index (κ1) is 17.9. The van der Waals surface area contributed by atoms with Crippen LogP contribution in [0.2, 0.25) is 0 Å². The lowest BCUT2D eigenvalue weighted by atomic mass is 9.84. The van der Waals surface area contributed by atoms with Gasteiger partial charge in [0.05, 0.1) is 4.90 Å². The molecule has 3 rings (SSSR count). The van der Waals surface area contributed by atoms with E-state index in [2.05, 4.69) is 5.32 Å². The fraction of sp³-hybridized carbons (Fsp3) is 0.529. The minimum atomic E-state index is -3.91. The zero-order valence-corrected chi connectivity index (χ0v) is 14.8. The Morgan fingerprint density at radius 1 is 0.880 bits per heavy atom. The number of hydrogen-bond acceptors (Lipinski definition) is 4. The predicted molar refractivity (Wildman–Crippen MR) is 91.9 cm³/mol. The van der Waals surface area contributed by atoms with E-state index in [1.54, 1.807) is 0 Å². The third-order valence-electron chi connectivity index (χ3n) is 4.68. The molecule has 25 heavy (non-hydrogen) atoms. The number of benzene rings is 1. The second kappa shape index (κ2) is 7.53. The highest BCUT2D eigenvalue weighted by atomic mass is 32.2. The van der Waals surface area contributed by atoms with Gasteiger partial charge < -0.3 is 5.32 Å². The van der Waals surface area contributed by atoms with Gasteiger partial charge in [0, 0.05) is 6.04 Å². The van der Waals surface area contributed by atoms with Gasteiger partial charge in [-0.1, -0.05) is 31.4 Å². The van der Waals surface area contributed by atoms with Gasteiger partial charge in [-0.15, -0.1) is 4.83 Å². The van der Waals surface area contributed by atoms with Crippen molar-refractivity contribution >= 4 is 21.8 Å². The van der Waals surface area contributed by atoms with Crippen LogP contribution in [-0.4, -0.2) is 26.3 Å². The SMILES string of the molecule is O=C(NNS(=O)(=O)c1ccc(C2CCCCC2)cc1)C(=O)NC1CC1. The van der Waals surface area contributed by atoms with Crippen molar-refractivity contribution in [1.29, 1.82) is 0 Å². The maximum Gasteiger partial charge on any atom is 0.324 e. The van der Waals surface area contributed by atoms with E-state index >= 15 is 0 Å². The molecule has 2 saturated carbocycles. The second-order valence-corrected chi connectivity index (χ2v) is 8.39. The summed E-state index contributed by atoms with van der Waals surface area (Å²) in [6.45, 7) is 0. The van der Waals surface area contributed by atoms with Crippen LogP contribution in [0.3, 0.4) is 0 Å². The zero-order chi connectivity index (χ0) is 17.9. The first-order valence-electron chi connectivity index (χ1n) is 8.68. The molecule has 2 aliphatic rings. The maximum absolute atomic E-state index is 12.2. The van der Waals surface area contributed by atoms with Crippen LogP contribution in [0.5, 0.6) is 0 Å². The van der Waals surface area contributed by atoms with Crippen LogP contribution in [-0.2, 0) is 19.6 Å². The van der Waals surface area contributed by atoms with E-state index in [1.807, 2.05) is 22.4 Å². The molecule has 0 bridgehead atoms. The van der Waals surface area contributed by atoms with Crippen molar-refractivity contribution in [1.82, 2.24) is 15.6 Å². The Morgan fingerprint density at radius 3 is 2.12 bits per heavy atom. The molecule has 0 radical (unpaired) electrons. The Hall–Kier alpha value is -1.93. The van der Waals surface area contributed by atoms with Crippen molar-refractivity contribution in [2.24, 2.45) is 0 Å². The number of amides is 2. The van der Waals surface area contributed by atoms with Crippen LogP contribution >= 0.6 is 0 Å². The third-order valence-corrected chi connectivity index (χ3v) is 5.95. The third kappa shape index (κ3) is 4.79. The lowest BCUT2D eigenvalue weighted by Gasteiger charge is -2.22. The highest BCUT2D eigenvalue weighted by Gasteiger charge is 2.27. The highest BCUT2D eigenvalue weighted by Crippen LogP contribution is 2.32. The number of sulfonamides is 1. The molecule has 0 atom stereocenters. The van der Waals surface area contributed by atoms with Gasteiger partial charge in [0.25, 0.3) is 10.0 Å². The number of nitrogens with one attached hydrogen (secondary N) is 3. The molecule has 1 aromatic carbocycles.